The third kappa shape index (κ3) is 2.73. The van der Waals surface area contributed by atoms with Gasteiger partial charge in [0, 0.05) is 6.04 Å². The van der Waals surface area contributed by atoms with Gasteiger partial charge in [0.05, 0.1) is 0 Å². The standard InChI is InChI=1S/C17H23NO2/c1-18-15-10-6-5-9-14(15)11-16(18)17(19)20-12-13-7-3-2-4-8-13/h2-4,7-8,14-16H,5-6,9-12H2,1H3/t14-,15-,16-/m0/s1. The Hall–Kier alpha value is -1.35. The summed E-state index contributed by atoms with van der Waals surface area (Å²) in [6.07, 6.45) is 6.12. The second-order valence-electron chi connectivity index (χ2n) is 6.12. The summed E-state index contributed by atoms with van der Waals surface area (Å²) in [5.41, 5.74) is 1.05. The second kappa shape index (κ2) is 5.96. The maximum Gasteiger partial charge on any atom is 0.323 e. The molecule has 1 saturated heterocycles. The highest BCUT2D eigenvalue weighted by atomic mass is 16.5. The predicted molar refractivity (Wildman–Crippen MR) is 78.2 cm³/mol. The lowest BCUT2D eigenvalue weighted by Crippen LogP contribution is -2.39. The van der Waals surface area contributed by atoms with Crippen LogP contribution in [0.2, 0.25) is 0 Å². The summed E-state index contributed by atoms with van der Waals surface area (Å²) in [6.45, 7) is 0.388. The van der Waals surface area contributed by atoms with E-state index in [0.29, 0.717) is 18.6 Å². The molecule has 20 heavy (non-hydrogen) atoms. The number of fused-ring (bicyclic) bond motifs is 1. The van der Waals surface area contributed by atoms with Crippen molar-refractivity contribution in [3.05, 3.63) is 35.9 Å². The van der Waals surface area contributed by atoms with Gasteiger partial charge in [-0.25, -0.2) is 0 Å². The number of nitrogens with zero attached hydrogens (tertiary/aromatic N) is 1. The highest BCUT2D eigenvalue weighted by Crippen LogP contribution is 2.38. The fraction of sp³-hybridized carbons (Fsp3) is 0.588. The van der Waals surface area contributed by atoms with Crippen LogP contribution in [0.25, 0.3) is 0 Å². The normalized spacial score (nSPS) is 29.9. The second-order valence-corrected chi connectivity index (χ2v) is 6.12. The third-order valence-electron chi connectivity index (χ3n) is 4.91. The maximum atomic E-state index is 12.3. The van der Waals surface area contributed by atoms with Gasteiger partial charge >= 0.3 is 5.97 Å². The SMILES string of the molecule is CN1[C@H](C(=O)OCc2ccccc2)C[C@@H]2CCCC[C@@H]21. The first-order valence-corrected chi connectivity index (χ1v) is 7.68. The zero-order valence-electron chi connectivity index (χ0n) is 12.1. The first-order chi connectivity index (χ1) is 9.75. The van der Waals surface area contributed by atoms with Crippen LogP contribution in [-0.2, 0) is 16.1 Å². The van der Waals surface area contributed by atoms with Crippen LogP contribution in [0.3, 0.4) is 0 Å². The molecule has 2 fully saturated rings. The average Bonchev–Trinajstić information content (AvgIpc) is 2.84. The van der Waals surface area contributed by atoms with Gasteiger partial charge in [-0.3, -0.25) is 9.69 Å². The van der Waals surface area contributed by atoms with Crippen molar-refractivity contribution in [2.75, 3.05) is 7.05 Å². The van der Waals surface area contributed by atoms with Crippen molar-refractivity contribution in [2.24, 2.45) is 5.92 Å². The fourth-order valence-corrected chi connectivity index (χ4v) is 3.77. The van der Waals surface area contributed by atoms with E-state index in [1.165, 1.54) is 25.7 Å². The van der Waals surface area contributed by atoms with Gasteiger partial charge in [0.1, 0.15) is 12.6 Å². The quantitative estimate of drug-likeness (QED) is 0.793. The van der Waals surface area contributed by atoms with E-state index in [1.54, 1.807) is 0 Å². The minimum atomic E-state index is -0.0502. The molecular weight excluding hydrogens is 250 g/mol. The Morgan fingerprint density at radius 3 is 2.75 bits per heavy atom. The number of hydrogen-bond acceptors (Lipinski definition) is 3. The van der Waals surface area contributed by atoms with Gasteiger partial charge in [-0.1, -0.05) is 43.2 Å². The van der Waals surface area contributed by atoms with Crippen LogP contribution in [0.1, 0.15) is 37.7 Å². The molecule has 1 aromatic carbocycles. The van der Waals surface area contributed by atoms with Gasteiger partial charge < -0.3 is 4.74 Å². The number of esters is 1. The minimum Gasteiger partial charge on any atom is -0.460 e. The molecule has 0 unspecified atom stereocenters. The molecule has 3 rings (SSSR count). The molecule has 2 aliphatic rings. The number of carbonyl (C=O) groups is 1. The molecule has 0 radical (unpaired) electrons. The summed E-state index contributed by atoms with van der Waals surface area (Å²) in [4.78, 5) is 14.6. The molecule has 1 saturated carbocycles. The molecule has 3 nitrogen and oxygen atoms in total. The van der Waals surface area contributed by atoms with Crippen LogP contribution < -0.4 is 0 Å². The summed E-state index contributed by atoms with van der Waals surface area (Å²) in [5, 5.41) is 0. The Balaban J connectivity index is 1.57. The zero-order chi connectivity index (χ0) is 13.9. The van der Waals surface area contributed by atoms with Crippen molar-refractivity contribution in [1.29, 1.82) is 0 Å². The topological polar surface area (TPSA) is 29.5 Å². The minimum absolute atomic E-state index is 0.0354. The molecule has 0 spiro atoms. The molecule has 3 heteroatoms. The number of rotatable bonds is 3. The van der Waals surface area contributed by atoms with Crippen molar-refractivity contribution < 1.29 is 9.53 Å². The van der Waals surface area contributed by atoms with Crippen molar-refractivity contribution in [3.8, 4) is 0 Å². The van der Waals surface area contributed by atoms with E-state index in [-0.39, 0.29) is 12.0 Å². The van der Waals surface area contributed by atoms with E-state index < -0.39 is 0 Å². The van der Waals surface area contributed by atoms with Gasteiger partial charge in [0.15, 0.2) is 0 Å². The molecular formula is C17H23NO2. The molecule has 0 N–H and O–H groups in total. The Morgan fingerprint density at radius 2 is 2.00 bits per heavy atom. The van der Waals surface area contributed by atoms with E-state index in [0.717, 1.165) is 12.0 Å². The molecule has 1 aliphatic carbocycles. The van der Waals surface area contributed by atoms with Gasteiger partial charge in [-0.05, 0) is 37.8 Å². The Morgan fingerprint density at radius 1 is 1.25 bits per heavy atom. The number of likely N-dealkylation sites (N-methyl/N-ethyl adjacent to an activating group) is 1. The average molecular weight is 273 g/mol. The first kappa shape index (κ1) is 13.6. The summed E-state index contributed by atoms with van der Waals surface area (Å²) in [7, 11) is 2.09. The van der Waals surface area contributed by atoms with Crippen molar-refractivity contribution in [2.45, 2.75) is 50.8 Å². The van der Waals surface area contributed by atoms with E-state index in [4.69, 9.17) is 4.74 Å². The van der Waals surface area contributed by atoms with Crippen LogP contribution in [0, 0.1) is 5.92 Å². The van der Waals surface area contributed by atoms with Crippen LogP contribution >= 0.6 is 0 Å². The highest BCUT2D eigenvalue weighted by Gasteiger charge is 2.43. The predicted octanol–water partition coefficient (Wildman–Crippen LogP) is 2.99. The molecule has 108 valence electrons. The van der Waals surface area contributed by atoms with Crippen molar-refractivity contribution >= 4 is 5.97 Å². The number of ether oxygens (including phenoxy) is 1. The number of benzene rings is 1. The molecule has 0 aromatic heterocycles. The van der Waals surface area contributed by atoms with Gasteiger partial charge in [0.2, 0.25) is 0 Å². The highest BCUT2D eigenvalue weighted by molar-refractivity contribution is 5.76. The molecule has 0 bridgehead atoms. The number of carbonyl (C=O) groups excluding carboxylic acids is 1. The van der Waals surface area contributed by atoms with Gasteiger partial charge in [0.25, 0.3) is 0 Å². The van der Waals surface area contributed by atoms with E-state index in [2.05, 4.69) is 11.9 Å². The summed E-state index contributed by atoms with van der Waals surface area (Å²) in [6, 6.07) is 10.5. The lowest BCUT2D eigenvalue weighted by molar-refractivity contribution is -0.150. The molecule has 3 atom stereocenters. The van der Waals surface area contributed by atoms with Crippen molar-refractivity contribution in [3.63, 3.8) is 0 Å². The van der Waals surface area contributed by atoms with E-state index in [1.807, 2.05) is 30.3 Å². The lowest BCUT2D eigenvalue weighted by Gasteiger charge is -2.30. The van der Waals surface area contributed by atoms with Gasteiger partial charge in [-0.2, -0.15) is 0 Å². The Kier molecular flexibility index (Phi) is 4.06. The molecule has 1 aliphatic heterocycles. The maximum absolute atomic E-state index is 12.3. The third-order valence-corrected chi connectivity index (χ3v) is 4.91. The first-order valence-electron chi connectivity index (χ1n) is 7.68. The van der Waals surface area contributed by atoms with Crippen molar-refractivity contribution in [1.82, 2.24) is 4.90 Å². The Labute approximate surface area is 120 Å². The number of likely N-dealkylation sites (tertiary alicyclic amines) is 1. The van der Waals surface area contributed by atoms with E-state index in [9.17, 15) is 4.79 Å². The van der Waals surface area contributed by atoms with Crippen LogP contribution in [0.5, 0.6) is 0 Å². The molecule has 1 heterocycles. The summed E-state index contributed by atoms with van der Waals surface area (Å²) < 4.78 is 5.51. The summed E-state index contributed by atoms with van der Waals surface area (Å²) in [5.74, 6) is 0.647. The van der Waals surface area contributed by atoms with Crippen LogP contribution in [0.15, 0.2) is 30.3 Å². The smallest absolute Gasteiger partial charge is 0.323 e. The van der Waals surface area contributed by atoms with Crippen LogP contribution in [0.4, 0.5) is 0 Å². The van der Waals surface area contributed by atoms with E-state index >= 15 is 0 Å². The lowest BCUT2D eigenvalue weighted by atomic mass is 9.85. The molecule has 0 amide bonds. The fourth-order valence-electron chi connectivity index (χ4n) is 3.77. The zero-order valence-corrected chi connectivity index (χ0v) is 12.1. The van der Waals surface area contributed by atoms with Gasteiger partial charge in [-0.15, -0.1) is 0 Å². The monoisotopic (exact) mass is 273 g/mol. The van der Waals surface area contributed by atoms with Crippen LogP contribution in [-0.4, -0.2) is 30.0 Å². The summed E-state index contributed by atoms with van der Waals surface area (Å²) >= 11 is 0. The number of hydrogen-bond donors (Lipinski definition) is 0. The Bertz CT molecular complexity index is 459. The molecule has 1 aromatic rings. The largest absolute Gasteiger partial charge is 0.460 e.